The number of fused-ring (bicyclic) bond motifs is 3. The third-order valence-electron chi connectivity index (χ3n) is 7.04. The maximum Gasteiger partial charge on any atom is 0.271 e. The molecule has 0 unspecified atom stereocenters. The first-order valence-electron chi connectivity index (χ1n) is 12.2. The van der Waals surface area contributed by atoms with Crippen LogP contribution >= 0.6 is 0 Å². The van der Waals surface area contributed by atoms with E-state index in [9.17, 15) is 9.59 Å². The number of rotatable bonds is 7. The molecule has 0 saturated heterocycles. The van der Waals surface area contributed by atoms with Crippen LogP contribution < -0.4 is 5.32 Å². The zero-order valence-electron chi connectivity index (χ0n) is 19.7. The van der Waals surface area contributed by atoms with Crippen LogP contribution in [0, 0.1) is 6.92 Å². The van der Waals surface area contributed by atoms with Gasteiger partial charge in [-0.05, 0) is 40.0 Å². The fourth-order valence-electron chi connectivity index (χ4n) is 5.22. The Bertz CT molecular complexity index is 954. The predicted octanol–water partition coefficient (Wildman–Crippen LogP) is 4.41. The highest BCUT2D eigenvalue weighted by molar-refractivity contribution is 6.03. The number of hydrogen-bond donors (Lipinski definition) is 1. The van der Waals surface area contributed by atoms with E-state index in [0.29, 0.717) is 44.0 Å². The molecule has 1 saturated carbocycles. The second kappa shape index (κ2) is 9.69. The lowest BCUT2D eigenvalue weighted by Crippen LogP contribution is -2.65. The Morgan fingerprint density at radius 2 is 1.94 bits per heavy atom. The second-order valence-electron chi connectivity index (χ2n) is 9.52. The molecular weight excluding hydrogens is 406 g/mol. The first-order valence-corrected chi connectivity index (χ1v) is 12.2. The van der Waals surface area contributed by atoms with Crippen LogP contribution in [0.1, 0.15) is 81.5 Å². The lowest BCUT2D eigenvalue weighted by Gasteiger charge is -2.44. The van der Waals surface area contributed by atoms with E-state index in [-0.39, 0.29) is 17.9 Å². The van der Waals surface area contributed by atoms with Gasteiger partial charge in [0.2, 0.25) is 5.91 Å². The van der Waals surface area contributed by atoms with Gasteiger partial charge in [-0.3, -0.25) is 9.59 Å². The summed E-state index contributed by atoms with van der Waals surface area (Å²) < 4.78 is 13.2. The van der Waals surface area contributed by atoms with Gasteiger partial charge in [-0.15, -0.1) is 0 Å². The van der Waals surface area contributed by atoms with Crippen molar-refractivity contribution in [2.24, 2.45) is 0 Å². The Balaban J connectivity index is 1.61. The van der Waals surface area contributed by atoms with Crippen molar-refractivity contribution < 1.29 is 18.7 Å². The molecule has 1 N–H and O–H groups in total. The van der Waals surface area contributed by atoms with Crippen LogP contribution in [0.3, 0.4) is 0 Å². The molecule has 0 radical (unpaired) electrons. The smallest absolute Gasteiger partial charge is 0.271 e. The van der Waals surface area contributed by atoms with Gasteiger partial charge < -0.3 is 23.9 Å². The van der Waals surface area contributed by atoms with Crippen LogP contribution in [-0.4, -0.2) is 52.6 Å². The van der Waals surface area contributed by atoms with E-state index in [2.05, 4.69) is 5.32 Å². The second-order valence-corrected chi connectivity index (χ2v) is 9.52. The molecule has 1 aliphatic carbocycles. The van der Waals surface area contributed by atoms with E-state index in [0.717, 1.165) is 37.0 Å². The molecule has 7 heteroatoms. The van der Waals surface area contributed by atoms with Crippen LogP contribution in [0.5, 0.6) is 0 Å². The van der Waals surface area contributed by atoms with Gasteiger partial charge in [0.15, 0.2) is 5.58 Å². The first kappa shape index (κ1) is 22.9. The minimum atomic E-state index is -0.963. The fraction of sp³-hybridized carbons (Fsp3) is 0.680. The number of carbonyl (C=O) groups is 2. The Kier molecular flexibility index (Phi) is 6.93. The molecule has 2 aromatic heterocycles. The molecule has 1 fully saturated rings. The van der Waals surface area contributed by atoms with Crippen molar-refractivity contribution in [2.45, 2.75) is 90.3 Å². The summed E-state index contributed by atoms with van der Waals surface area (Å²) in [5.74, 6) is 0.630. The van der Waals surface area contributed by atoms with Gasteiger partial charge in [0.1, 0.15) is 17.0 Å². The maximum atomic E-state index is 13.7. The lowest BCUT2D eigenvalue weighted by atomic mass is 9.92. The summed E-state index contributed by atoms with van der Waals surface area (Å²) in [7, 11) is 0. The van der Waals surface area contributed by atoms with Crippen molar-refractivity contribution in [3.8, 4) is 0 Å². The molecule has 176 valence electrons. The maximum absolute atomic E-state index is 13.7. The highest BCUT2D eigenvalue weighted by Crippen LogP contribution is 2.34. The largest absolute Gasteiger partial charge is 0.460 e. The summed E-state index contributed by atoms with van der Waals surface area (Å²) in [6, 6.07) is 3.94. The number of ether oxygens (including phenoxy) is 1. The molecule has 2 aliphatic rings. The SMILES string of the molecule is CCOCCCN1C(=O)c2cc3oc(C)cc3n2C[C@]1(C)C(=O)NC1CCCCCCC1. The third-order valence-corrected chi connectivity index (χ3v) is 7.04. The summed E-state index contributed by atoms with van der Waals surface area (Å²) in [6.07, 6.45) is 8.77. The third kappa shape index (κ3) is 4.45. The van der Waals surface area contributed by atoms with E-state index in [1.165, 1.54) is 19.3 Å². The number of hydrogen-bond acceptors (Lipinski definition) is 4. The minimum Gasteiger partial charge on any atom is -0.460 e. The Morgan fingerprint density at radius 3 is 2.66 bits per heavy atom. The summed E-state index contributed by atoms with van der Waals surface area (Å²) in [4.78, 5) is 29.1. The van der Waals surface area contributed by atoms with Crippen LogP contribution in [0.2, 0.25) is 0 Å². The Hall–Kier alpha value is -2.28. The predicted molar refractivity (Wildman–Crippen MR) is 124 cm³/mol. The molecule has 0 spiro atoms. The van der Waals surface area contributed by atoms with Gasteiger partial charge in [0.05, 0.1) is 12.1 Å². The topological polar surface area (TPSA) is 76.7 Å². The molecule has 32 heavy (non-hydrogen) atoms. The van der Waals surface area contributed by atoms with Gasteiger partial charge >= 0.3 is 0 Å². The molecule has 2 amide bonds. The first-order chi connectivity index (χ1) is 15.4. The van der Waals surface area contributed by atoms with E-state index in [4.69, 9.17) is 9.15 Å². The van der Waals surface area contributed by atoms with Crippen molar-refractivity contribution in [2.75, 3.05) is 19.8 Å². The Labute approximate surface area is 190 Å². The van der Waals surface area contributed by atoms with Crippen LogP contribution in [0.4, 0.5) is 0 Å². The summed E-state index contributed by atoms with van der Waals surface area (Å²) in [5, 5.41) is 3.32. The molecule has 3 heterocycles. The van der Waals surface area contributed by atoms with Crippen molar-refractivity contribution >= 4 is 22.9 Å². The minimum absolute atomic E-state index is 0.0550. The molecule has 0 bridgehead atoms. The van der Waals surface area contributed by atoms with E-state index >= 15 is 0 Å². The van der Waals surface area contributed by atoms with Gasteiger partial charge in [-0.2, -0.15) is 0 Å². The molecule has 1 aliphatic heterocycles. The fourth-order valence-corrected chi connectivity index (χ4v) is 5.22. The van der Waals surface area contributed by atoms with Gasteiger partial charge in [0, 0.05) is 37.9 Å². The molecule has 1 atom stereocenters. The molecular formula is C25H37N3O4. The quantitative estimate of drug-likeness (QED) is 0.643. The van der Waals surface area contributed by atoms with Crippen LogP contribution in [0.15, 0.2) is 16.5 Å². The lowest BCUT2D eigenvalue weighted by molar-refractivity contribution is -0.133. The van der Waals surface area contributed by atoms with Crippen molar-refractivity contribution in [1.82, 2.24) is 14.8 Å². The van der Waals surface area contributed by atoms with Gasteiger partial charge in [-0.1, -0.05) is 32.1 Å². The molecule has 2 aromatic rings. The highest BCUT2D eigenvalue weighted by atomic mass is 16.5. The van der Waals surface area contributed by atoms with Gasteiger partial charge in [0.25, 0.3) is 5.91 Å². The number of nitrogens with one attached hydrogen (secondary N) is 1. The van der Waals surface area contributed by atoms with Crippen molar-refractivity contribution in [3.63, 3.8) is 0 Å². The monoisotopic (exact) mass is 443 g/mol. The average molecular weight is 444 g/mol. The number of nitrogens with zero attached hydrogens (tertiary/aromatic N) is 2. The van der Waals surface area contributed by atoms with E-state index < -0.39 is 5.54 Å². The number of amides is 2. The zero-order valence-corrected chi connectivity index (χ0v) is 19.7. The number of aryl methyl sites for hydroxylation is 1. The summed E-state index contributed by atoms with van der Waals surface area (Å²) in [5.41, 5.74) is 1.21. The van der Waals surface area contributed by atoms with E-state index in [1.54, 1.807) is 4.90 Å². The molecule has 7 nitrogen and oxygen atoms in total. The zero-order chi connectivity index (χ0) is 22.7. The Morgan fingerprint density at radius 1 is 1.22 bits per heavy atom. The number of furan rings is 1. The van der Waals surface area contributed by atoms with Crippen LogP contribution in [-0.2, 0) is 16.1 Å². The normalized spacial score (nSPS) is 22.6. The highest BCUT2D eigenvalue weighted by Gasteiger charge is 2.48. The average Bonchev–Trinajstić information content (AvgIpc) is 3.26. The van der Waals surface area contributed by atoms with Crippen LogP contribution in [0.25, 0.3) is 11.1 Å². The van der Waals surface area contributed by atoms with Crippen molar-refractivity contribution in [1.29, 1.82) is 0 Å². The standard InChI is InChI=1S/C25H37N3O4/c1-4-31-14-10-13-28-23(29)21-16-22-20(15-18(2)32-22)27(21)17-25(28,3)24(30)26-19-11-8-6-5-7-9-12-19/h15-16,19H,4-14,17H2,1-3H3,(H,26,30)/t25-/m1/s1. The molecule has 0 aromatic carbocycles. The summed E-state index contributed by atoms with van der Waals surface area (Å²) in [6.45, 7) is 7.89. The number of carbonyl (C=O) groups excluding carboxylic acids is 2. The van der Waals surface area contributed by atoms with Gasteiger partial charge in [-0.25, -0.2) is 0 Å². The van der Waals surface area contributed by atoms with Crippen molar-refractivity contribution in [3.05, 3.63) is 23.6 Å². The van der Waals surface area contributed by atoms with E-state index in [1.807, 2.05) is 37.5 Å². The summed E-state index contributed by atoms with van der Waals surface area (Å²) >= 11 is 0. The molecule has 4 rings (SSSR count). The number of aromatic nitrogens is 1.